The van der Waals surface area contributed by atoms with E-state index in [-0.39, 0.29) is 49.5 Å². The van der Waals surface area contributed by atoms with Crippen molar-refractivity contribution in [2.45, 2.75) is 12.0 Å². The molecule has 1 aliphatic carbocycles. The van der Waals surface area contributed by atoms with Crippen molar-refractivity contribution in [2.24, 2.45) is 11.8 Å². The number of ether oxygens (including phenoxy) is 6. The minimum Gasteiger partial charge on any atom is -0.502 e. The Bertz CT molecular complexity index is 1410. The largest absolute Gasteiger partial charge is 0.502 e. The Morgan fingerprint density at radius 1 is 0.975 bits per heavy atom. The summed E-state index contributed by atoms with van der Waals surface area (Å²) in [7, 11) is 4.36. The Morgan fingerprint density at radius 3 is 2.30 bits per heavy atom. The highest BCUT2D eigenvalue weighted by atomic mass is 16.7. The number of methoxy groups -OCH3 is 3. The number of benzene rings is 2. The second kappa shape index (κ2) is 9.94. The van der Waals surface area contributed by atoms with Crippen molar-refractivity contribution >= 4 is 17.8 Å². The van der Waals surface area contributed by atoms with Crippen LogP contribution in [0.15, 0.2) is 36.0 Å². The van der Waals surface area contributed by atoms with Gasteiger partial charge in [-0.05, 0) is 41.0 Å². The lowest BCUT2D eigenvalue weighted by Gasteiger charge is -2.40. The van der Waals surface area contributed by atoms with Crippen LogP contribution in [-0.4, -0.2) is 75.7 Å². The van der Waals surface area contributed by atoms with E-state index in [1.807, 2.05) is 12.1 Å². The summed E-state index contributed by atoms with van der Waals surface area (Å²) in [5.74, 6) is -1.65. The standard InChI is InChI=1S/C28H28N2O10/c1-35-5-4-30-22(31)10-17(27(30)33)29-25-15-9-19-18(39-12-40-19)8-14(15)23(24-16(25)11-38-28(24)34)13-6-20(36-2)26(32)21(7-13)37-3/h6-10,16,23-25,29,32H,4-5,11-12H2,1-3H3/t16-,23+,24-,25+/m0/s1. The van der Waals surface area contributed by atoms with Crippen molar-refractivity contribution in [1.82, 2.24) is 10.2 Å². The van der Waals surface area contributed by atoms with E-state index in [4.69, 9.17) is 28.4 Å². The molecular formula is C28H28N2O10. The van der Waals surface area contributed by atoms with Crippen LogP contribution in [-0.2, 0) is 23.9 Å². The van der Waals surface area contributed by atoms with Crippen molar-refractivity contribution in [3.05, 3.63) is 52.7 Å². The number of imide groups is 1. The van der Waals surface area contributed by atoms with Crippen molar-refractivity contribution in [1.29, 1.82) is 0 Å². The van der Waals surface area contributed by atoms with Gasteiger partial charge in [0.2, 0.25) is 12.5 Å². The summed E-state index contributed by atoms with van der Waals surface area (Å²) in [6.07, 6.45) is 1.26. The van der Waals surface area contributed by atoms with Crippen molar-refractivity contribution in [3.8, 4) is 28.7 Å². The van der Waals surface area contributed by atoms with E-state index in [9.17, 15) is 19.5 Å². The molecule has 2 aromatic rings. The van der Waals surface area contributed by atoms with Crippen LogP contribution in [0.5, 0.6) is 28.7 Å². The van der Waals surface area contributed by atoms with Gasteiger partial charge in [-0.15, -0.1) is 0 Å². The summed E-state index contributed by atoms with van der Waals surface area (Å²) in [4.78, 5) is 40.1. The zero-order valence-electron chi connectivity index (χ0n) is 22.1. The number of nitrogens with one attached hydrogen (secondary N) is 1. The number of carbonyl (C=O) groups excluding carboxylic acids is 3. The lowest BCUT2D eigenvalue weighted by molar-refractivity contribution is -0.142. The molecule has 4 aliphatic rings. The summed E-state index contributed by atoms with van der Waals surface area (Å²) in [5, 5.41) is 13.8. The number of carbonyl (C=O) groups is 3. The Morgan fingerprint density at radius 2 is 1.65 bits per heavy atom. The van der Waals surface area contributed by atoms with E-state index in [0.29, 0.717) is 17.1 Å². The molecule has 0 saturated carbocycles. The van der Waals surface area contributed by atoms with Crippen LogP contribution < -0.4 is 24.3 Å². The zero-order valence-corrected chi connectivity index (χ0v) is 22.1. The molecule has 1 saturated heterocycles. The lowest BCUT2D eigenvalue weighted by Crippen LogP contribution is -2.42. The first kappa shape index (κ1) is 25.8. The topological polar surface area (TPSA) is 142 Å². The number of aromatic hydroxyl groups is 1. The third-order valence-corrected chi connectivity index (χ3v) is 7.89. The van der Waals surface area contributed by atoms with Gasteiger partial charge in [0.25, 0.3) is 11.8 Å². The molecule has 2 amide bonds. The number of hydrogen-bond acceptors (Lipinski definition) is 11. The van der Waals surface area contributed by atoms with E-state index in [0.717, 1.165) is 16.0 Å². The second-order valence-corrected chi connectivity index (χ2v) is 9.87. The van der Waals surface area contributed by atoms with Crippen LogP contribution in [0.25, 0.3) is 0 Å². The highest BCUT2D eigenvalue weighted by Crippen LogP contribution is 2.55. The number of hydrogen-bond donors (Lipinski definition) is 2. The molecule has 1 fully saturated rings. The summed E-state index contributed by atoms with van der Waals surface area (Å²) in [6, 6.07) is 6.43. The molecule has 40 heavy (non-hydrogen) atoms. The Balaban J connectivity index is 1.47. The van der Waals surface area contributed by atoms with Gasteiger partial charge in [-0.2, -0.15) is 0 Å². The van der Waals surface area contributed by atoms with Crippen LogP contribution in [0.1, 0.15) is 28.7 Å². The van der Waals surface area contributed by atoms with E-state index >= 15 is 0 Å². The molecule has 210 valence electrons. The molecule has 0 bridgehead atoms. The normalized spacial score (nSPS) is 24.4. The first-order valence-corrected chi connectivity index (χ1v) is 12.7. The number of esters is 1. The molecule has 4 atom stereocenters. The molecule has 2 N–H and O–H groups in total. The number of phenols is 1. The molecule has 0 aromatic heterocycles. The molecule has 3 heterocycles. The van der Waals surface area contributed by atoms with Gasteiger partial charge < -0.3 is 38.8 Å². The van der Waals surface area contributed by atoms with Gasteiger partial charge >= 0.3 is 5.97 Å². The predicted molar refractivity (Wildman–Crippen MR) is 136 cm³/mol. The Labute approximate surface area is 229 Å². The van der Waals surface area contributed by atoms with Crippen LogP contribution in [0.3, 0.4) is 0 Å². The summed E-state index contributed by atoms with van der Waals surface area (Å²) in [5.41, 5.74) is 2.29. The molecule has 0 radical (unpaired) electrons. The van der Waals surface area contributed by atoms with Crippen molar-refractivity contribution in [3.63, 3.8) is 0 Å². The average Bonchev–Trinajstić information content (AvgIpc) is 3.64. The highest BCUT2D eigenvalue weighted by molar-refractivity contribution is 6.15. The quantitative estimate of drug-likeness (QED) is 0.364. The Kier molecular flexibility index (Phi) is 6.41. The summed E-state index contributed by atoms with van der Waals surface area (Å²) >= 11 is 0. The van der Waals surface area contributed by atoms with Crippen LogP contribution in [0, 0.1) is 11.8 Å². The predicted octanol–water partition coefficient (Wildman–Crippen LogP) is 1.60. The number of nitrogens with zero attached hydrogens (tertiary/aromatic N) is 1. The highest BCUT2D eigenvalue weighted by Gasteiger charge is 2.53. The van der Waals surface area contributed by atoms with Crippen molar-refractivity contribution < 1.29 is 47.9 Å². The fourth-order valence-electron chi connectivity index (χ4n) is 6.01. The van der Waals surface area contributed by atoms with Gasteiger partial charge in [-0.1, -0.05) is 0 Å². The number of rotatable bonds is 8. The third-order valence-electron chi connectivity index (χ3n) is 7.89. The maximum absolute atomic E-state index is 13.3. The van der Waals surface area contributed by atoms with Crippen LogP contribution in [0.4, 0.5) is 0 Å². The van der Waals surface area contributed by atoms with E-state index in [2.05, 4.69) is 5.32 Å². The SMILES string of the molecule is COCCN1C(=O)C=C(N[C@@H]2c3cc4c(cc3[C@@H](c3cc(OC)c(O)c(OC)c3)[C@H]3C(=O)OC[C@@H]32)OCO4)C1=O. The zero-order chi connectivity index (χ0) is 28.1. The molecule has 0 spiro atoms. The van der Waals surface area contributed by atoms with E-state index in [1.165, 1.54) is 27.4 Å². The second-order valence-electron chi connectivity index (χ2n) is 9.87. The van der Waals surface area contributed by atoms with E-state index < -0.39 is 41.6 Å². The fourth-order valence-corrected chi connectivity index (χ4v) is 6.01. The van der Waals surface area contributed by atoms with Gasteiger partial charge in [0, 0.05) is 25.0 Å². The minimum absolute atomic E-state index is 0.0450. The monoisotopic (exact) mass is 552 g/mol. The van der Waals surface area contributed by atoms with Crippen molar-refractivity contribution in [2.75, 3.05) is 47.9 Å². The first-order valence-electron chi connectivity index (χ1n) is 12.7. The van der Waals surface area contributed by atoms with Crippen LogP contribution >= 0.6 is 0 Å². The molecular weight excluding hydrogens is 524 g/mol. The maximum atomic E-state index is 13.3. The molecule has 2 aromatic carbocycles. The Hall–Kier alpha value is -4.45. The van der Waals surface area contributed by atoms with Gasteiger partial charge in [0.1, 0.15) is 5.70 Å². The van der Waals surface area contributed by atoms with Gasteiger partial charge in [0.05, 0.1) is 45.9 Å². The molecule has 12 heteroatoms. The number of fused-ring (bicyclic) bond motifs is 3. The first-order chi connectivity index (χ1) is 19.4. The molecule has 6 rings (SSSR count). The summed E-state index contributed by atoms with van der Waals surface area (Å²) in [6.45, 7) is 0.475. The maximum Gasteiger partial charge on any atom is 0.310 e. The fraction of sp³-hybridized carbons (Fsp3) is 0.393. The average molecular weight is 553 g/mol. The van der Waals surface area contributed by atoms with Gasteiger partial charge in [-0.25, -0.2) is 0 Å². The third kappa shape index (κ3) is 3.98. The van der Waals surface area contributed by atoms with E-state index in [1.54, 1.807) is 12.1 Å². The number of amides is 2. The lowest BCUT2D eigenvalue weighted by atomic mass is 9.65. The molecule has 12 nitrogen and oxygen atoms in total. The van der Waals surface area contributed by atoms with Gasteiger partial charge in [0.15, 0.2) is 23.0 Å². The number of cyclic esters (lactones) is 1. The van der Waals surface area contributed by atoms with Crippen LogP contribution in [0.2, 0.25) is 0 Å². The van der Waals surface area contributed by atoms with Gasteiger partial charge in [-0.3, -0.25) is 19.3 Å². The molecule has 3 aliphatic heterocycles. The smallest absolute Gasteiger partial charge is 0.310 e. The summed E-state index contributed by atoms with van der Waals surface area (Å²) < 4.78 is 32.7. The number of phenolic OH excluding ortho intramolecular Hbond substituents is 1. The molecule has 0 unspecified atom stereocenters. The minimum atomic E-state index is -0.665.